The fourth-order valence-electron chi connectivity index (χ4n) is 0.642. The molecule has 0 saturated carbocycles. The Morgan fingerprint density at radius 2 is 2.23 bits per heavy atom. The van der Waals surface area contributed by atoms with Crippen molar-refractivity contribution >= 4 is 12.0 Å². The first-order valence-electron chi connectivity index (χ1n) is 4.10. The van der Waals surface area contributed by atoms with Crippen LogP contribution in [-0.4, -0.2) is 16.1 Å². The first-order valence-corrected chi connectivity index (χ1v) is 4.10. The van der Waals surface area contributed by atoms with E-state index in [9.17, 15) is 4.79 Å². The molecule has 3 nitrogen and oxygen atoms in total. The Labute approximate surface area is 77.7 Å². The molecule has 0 aliphatic rings. The summed E-state index contributed by atoms with van der Waals surface area (Å²) in [5, 5.41) is 8.27. The average Bonchev–Trinajstić information content (AvgIpc) is 2.19. The third kappa shape index (κ3) is 5.61. The number of aliphatic carboxylic acids is 1. The van der Waals surface area contributed by atoms with Crippen LogP contribution in [0.3, 0.4) is 0 Å². The van der Waals surface area contributed by atoms with E-state index in [1.165, 1.54) is 6.08 Å². The van der Waals surface area contributed by atoms with Crippen LogP contribution in [0, 0.1) is 0 Å². The molecule has 13 heavy (non-hydrogen) atoms. The Morgan fingerprint density at radius 3 is 2.69 bits per heavy atom. The molecule has 0 aliphatic carbocycles. The molecule has 1 heterocycles. The molecule has 3 heteroatoms. The zero-order chi connectivity index (χ0) is 10.1. The second-order valence-corrected chi connectivity index (χ2v) is 1.96. The highest BCUT2D eigenvalue weighted by Crippen LogP contribution is 1.97. The van der Waals surface area contributed by atoms with Crippen molar-refractivity contribution in [2.45, 2.75) is 13.8 Å². The molecule has 0 spiro atoms. The van der Waals surface area contributed by atoms with E-state index in [0.717, 1.165) is 11.6 Å². The molecule has 0 radical (unpaired) electrons. The monoisotopic (exact) mass is 179 g/mol. The summed E-state index contributed by atoms with van der Waals surface area (Å²) in [6.07, 6.45) is 5.81. The predicted octanol–water partition coefficient (Wildman–Crippen LogP) is 2.21. The summed E-state index contributed by atoms with van der Waals surface area (Å²) >= 11 is 0. The lowest BCUT2D eigenvalue weighted by molar-refractivity contribution is -0.131. The molecule has 1 rings (SSSR count). The summed E-state index contributed by atoms with van der Waals surface area (Å²) in [6.45, 7) is 4.00. The van der Waals surface area contributed by atoms with Crippen LogP contribution in [0.4, 0.5) is 0 Å². The van der Waals surface area contributed by atoms with Gasteiger partial charge in [-0.15, -0.1) is 0 Å². The average molecular weight is 179 g/mol. The molecule has 0 aliphatic heterocycles. The smallest absolute Gasteiger partial charge is 0.328 e. The number of carboxylic acid groups (broad SMARTS) is 1. The molecule has 0 amide bonds. The lowest BCUT2D eigenvalue weighted by atomic mass is 10.3. The summed E-state index contributed by atoms with van der Waals surface area (Å²) in [5.41, 5.74) is 0.787. The molecule has 1 N–H and O–H groups in total. The van der Waals surface area contributed by atoms with E-state index in [1.807, 2.05) is 13.8 Å². The zero-order valence-electron chi connectivity index (χ0n) is 7.77. The fourth-order valence-corrected chi connectivity index (χ4v) is 0.642. The normalized spacial score (nSPS) is 9.08. The van der Waals surface area contributed by atoms with Crippen LogP contribution in [0.2, 0.25) is 0 Å². The van der Waals surface area contributed by atoms with Gasteiger partial charge in [-0.1, -0.05) is 19.9 Å². The molecule has 1 aromatic heterocycles. The van der Waals surface area contributed by atoms with Crippen molar-refractivity contribution in [1.82, 2.24) is 4.98 Å². The molecule has 0 aromatic carbocycles. The maximum atomic E-state index is 10.1. The Balaban J connectivity index is 0.000000671. The predicted molar refractivity (Wildman–Crippen MR) is 52.3 cm³/mol. The van der Waals surface area contributed by atoms with Gasteiger partial charge < -0.3 is 5.11 Å². The lowest BCUT2D eigenvalue weighted by Crippen LogP contribution is -1.85. The van der Waals surface area contributed by atoms with Gasteiger partial charge in [-0.3, -0.25) is 4.98 Å². The van der Waals surface area contributed by atoms with Crippen molar-refractivity contribution in [1.29, 1.82) is 0 Å². The second kappa shape index (κ2) is 7.03. The number of rotatable bonds is 2. The molecule has 0 bridgehead atoms. The Kier molecular flexibility index (Phi) is 6.15. The Morgan fingerprint density at radius 1 is 1.54 bits per heavy atom. The molecule has 1 aromatic rings. The van der Waals surface area contributed by atoms with Crippen LogP contribution in [0.25, 0.3) is 6.08 Å². The Bertz CT molecular complexity index is 268. The van der Waals surface area contributed by atoms with Gasteiger partial charge in [-0.2, -0.15) is 0 Å². The summed E-state index contributed by atoms with van der Waals surface area (Å²) in [7, 11) is 0. The number of hydrogen-bond acceptors (Lipinski definition) is 2. The van der Waals surface area contributed by atoms with Crippen LogP contribution < -0.4 is 0 Å². The minimum absolute atomic E-state index is 0.787. The van der Waals surface area contributed by atoms with Crippen LogP contribution >= 0.6 is 0 Å². The van der Waals surface area contributed by atoms with Gasteiger partial charge in [0.2, 0.25) is 0 Å². The highest BCUT2D eigenvalue weighted by molar-refractivity contribution is 5.85. The van der Waals surface area contributed by atoms with E-state index in [0.29, 0.717) is 0 Å². The van der Waals surface area contributed by atoms with E-state index < -0.39 is 5.97 Å². The SMILES string of the molecule is CC.O=C(O)/C=C/c1cccnc1. The van der Waals surface area contributed by atoms with E-state index >= 15 is 0 Å². The van der Waals surface area contributed by atoms with Crippen molar-refractivity contribution in [2.24, 2.45) is 0 Å². The van der Waals surface area contributed by atoms with E-state index in [1.54, 1.807) is 24.5 Å². The third-order valence-electron chi connectivity index (χ3n) is 1.10. The van der Waals surface area contributed by atoms with Crippen LogP contribution in [0.15, 0.2) is 30.6 Å². The number of carbonyl (C=O) groups is 1. The summed E-state index contributed by atoms with van der Waals surface area (Å²) in [5.74, 6) is -0.950. The summed E-state index contributed by atoms with van der Waals surface area (Å²) in [4.78, 5) is 13.9. The number of carboxylic acids is 1. The van der Waals surface area contributed by atoms with Crippen molar-refractivity contribution in [2.75, 3.05) is 0 Å². The van der Waals surface area contributed by atoms with Crippen LogP contribution in [0.1, 0.15) is 19.4 Å². The molecule has 0 fully saturated rings. The Hall–Kier alpha value is -1.64. The van der Waals surface area contributed by atoms with Gasteiger partial charge >= 0.3 is 5.97 Å². The van der Waals surface area contributed by atoms with E-state index in [2.05, 4.69) is 4.98 Å². The van der Waals surface area contributed by atoms with Gasteiger partial charge in [-0.05, 0) is 17.7 Å². The van der Waals surface area contributed by atoms with Gasteiger partial charge in [0.25, 0.3) is 0 Å². The number of pyridine rings is 1. The first-order chi connectivity index (χ1) is 6.29. The third-order valence-corrected chi connectivity index (χ3v) is 1.10. The highest BCUT2D eigenvalue weighted by Gasteiger charge is 1.86. The zero-order valence-corrected chi connectivity index (χ0v) is 7.77. The largest absolute Gasteiger partial charge is 0.478 e. The molecular formula is C10H13NO2. The van der Waals surface area contributed by atoms with Crippen LogP contribution in [-0.2, 0) is 4.79 Å². The molecule has 0 unspecified atom stereocenters. The van der Waals surface area contributed by atoms with E-state index in [4.69, 9.17) is 5.11 Å². The van der Waals surface area contributed by atoms with Gasteiger partial charge in [0.05, 0.1) is 0 Å². The van der Waals surface area contributed by atoms with Crippen molar-refractivity contribution in [3.63, 3.8) is 0 Å². The number of aromatic nitrogens is 1. The number of hydrogen-bond donors (Lipinski definition) is 1. The van der Waals surface area contributed by atoms with Gasteiger partial charge in [-0.25, -0.2) is 4.79 Å². The van der Waals surface area contributed by atoms with Gasteiger partial charge in [0.1, 0.15) is 0 Å². The maximum Gasteiger partial charge on any atom is 0.328 e. The summed E-state index contributed by atoms with van der Waals surface area (Å²) < 4.78 is 0. The molecule has 0 atom stereocenters. The second-order valence-electron chi connectivity index (χ2n) is 1.96. The van der Waals surface area contributed by atoms with Crippen molar-refractivity contribution in [3.05, 3.63) is 36.2 Å². The lowest BCUT2D eigenvalue weighted by Gasteiger charge is -1.87. The van der Waals surface area contributed by atoms with E-state index in [-0.39, 0.29) is 0 Å². The number of nitrogens with zero attached hydrogens (tertiary/aromatic N) is 1. The highest BCUT2D eigenvalue weighted by atomic mass is 16.4. The van der Waals surface area contributed by atoms with Crippen molar-refractivity contribution in [3.8, 4) is 0 Å². The first kappa shape index (κ1) is 11.4. The van der Waals surface area contributed by atoms with Gasteiger partial charge in [0, 0.05) is 18.5 Å². The minimum Gasteiger partial charge on any atom is -0.478 e. The summed E-state index contributed by atoms with van der Waals surface area (Å²) in [6, 6.07) is 3.54. The topological polar surface area (TPSA) is 50.2 Å². The molecular weight excluding hydrogens is 166 g/mol. The van der Waals surface area contributed by atoms with Crippen molar-refractivity contribution < 1.29 is 9.90 Å². The van der Waals surface area contributed by atoms with Gasteiger partial charge in [0.15, 0.2) is 0 Å². The van der Waals surface area contributed by atoms with Crippen LogP contribution in [0.5, 0.6) is 0 Å². The fraction of sp³-hybridized carbons (Fsp3) is 0.200. The quantitative estimate of drug-likeness (QED) is 0.708. The molecule has 70 valence electrons. The standard InChI is InChI=1S/C8H7NO2.C2H6/c10-8(11)4-3-7-2-1-5-9-6-7;1-2/h1-6H,(H,10,11);1-2H3/b4-3+;. The minimum atomic E-state index is -0.950. The maximum absolute atomic E-state index is 10.1. The molecule has 0 saturated heterocycles.